The van der Waals surface area contributed by atoms with Crippen LogP contribution in [0.15, 0.2) is 29.2 Å². The molecule has 1 aromatic carbocycles. The molecule has 0 spiro atoms. The molecule has 0 aliphatic carbocycles. The molecular weight excluding hydrogens is 426 g/mol. The summed E-state index contributed by atoms with van der Waals surface area (Å²) in [5.41, 5.74) is 1.46. The third kappa shape index (κ3) is 4.25. The van der Waals surface area contributed by atoms with Gasteiger partial charge in [-0.15, -0.1) is 0 Å². The van der Waals surface area contributed by atoms with E-state index < -0.39 is 11.4 Å². The Morgan fingerprint density at radius 2 is 1.91 bits per heavy atom. The summed E-state index contributed by atoms with van der Waals surface area (Å²) < 4.78 is 24.5. The molecule has 1 saturated heterocycles. The number of rotatable bonds is 7. The van der Waals surface area contributed by atoms with E-state index in [1.54, 1.807) is 14.2 Å². The number of hydrogen-bond donors (Lipinski definition) is 1. The van der Waals surface area contributed by atoms with E-state index in [9.17, 15) is 14.7 Å². The van der Waals surface area contributed by atoms with Gasteiger partial charge in [0, 0.05) is 31.0 Å². The van der Waals surface area contributed by atoms with Crippen molar-refractivity contribution in [3.63, 3.8) is 0 Å². The van der Waals surface area contributed by atoms with Crippen molar-refractivity contribution in [1.29, 1.82) is 0 Å². The van der Waals surface area contributed by atoms with Crippen molar-refractivity contribution in [2.45, 2.75) is 33.2 Å². The minimum Gasteiger partial charge on any atom is -0.493 e. The summed E-state index contributed by atoms with van der Waals surface area (Å²) >= 11 is 0. The molecule has 33 heavy (non-hydrogen) atoms. The minimum absolute atomic E-state index is 0.0418. The molecule has 2 aliphatic rings. The van der Waals surface area contributed by atoms with Crippen molar-refractivity contribution in [2.75, 3.05) is 40.6 Å². The molecule has 2 aromatic rings. The average molecular weight is 458 g/mol. The van der Waals surface area contributed by atoms with E-state index in [-0.39, 0.29) is 22.4 Å². The van der Waals surface area contributed by atoms with Gasteiger partial charge in [-0.05, 0) is 29.5 Å². The molecule has 0 bridgehead atoms. The molecule has 8 heteroatoms. The highest BCUT2D eigenvalue weighted by Gasteiger charge is 2.40. The Labute approximate surface area is 193 Å². The summed E-state index contributed by atoms with van der Waals surface area (Å²) in [6.45, 7) is 8.49. The third-order valence-electron chi connectivity index (χ3n) is 6.53. The molecule has 4 rings (SSSR count). The lowest BCUT2D eigenvalue weighted by Gasteiger charge is -2.41. The van der Waals surface area contributed by atoms with E-state index in [1.807, 2.05) is 16.7 Å². The molecule has 1 N–H and O–H groups in total. The number of ether oxygens (including phenoxy) is 4. The quantitative estimate of drug-likeness (QED) is 0.681. The molecule has 0 saturated carbocycles. The number of aromatic carboxylic acids is 1. The molecule has 0 radical (unpaired) electrons. The van der Waals surface area contributed by atoms with Gasteiger partial charge in [-0.1, -0.05) is 20.8 Å². The Hall–Kier alpha value is -2.84. The number of carbonyl (C=O) groups is 1. The fraction of sp³-hybridized carbons (Fsp3) is 0.520. The highest BCUT2D eigenvalue weighted by Crippen LogP contribution is 2.46. The Bertz CT molecular complexity index is 1120. The van der Waals surface area contributed by atoms with E-state index in [0.717, 1.165) is 11.1 Å². The zero-order valence-corrected chi connectivity index (χ0v) is 19.8. The van der Waals surface area contributed by atoms with E-state index >= 15 is 0 Å². The maximum absolute atomic E-state index is 12.6. The second-order valence-corrected chi connectivity index (χ2v) is 10.1. The van der Waals surface area contributed by atoms with Crippen LogP contribution in [0.4, 0.5) is 0 Å². The topological polar surface area (TPSA) is 96.2 Å². The lowest BCUT2D eigenvalue weighted by Crippen LogP contribution is -2.50. The number of hydrogen-bond acceptors (Lipinski definition) is 6. The molecule has 0 amide bonds. The zero-order valence-electron chi connectivity index (χ0n) is 19.8. The second-order valence-electron chi connectivity index (χ2n) is 10.1. The molecule has 178 valence electrons. The molecular formula is C25H31NO7. The molecule has 1 aromatic heterocycles. The summed E-state index contributed by atoms with van der Waals surface area (Å²) in [5, 5.41) is 9.49. The highest BCUT2D eigenvalue weighted by atomic mass is 16.5. The van der Waals surface area contributed by atoms with Crippen LogP contribution in [0.5, 0.6) is 11.5 Å². The summed E-state index contributed by atoms with van der Waals surface area (Å²) in [5.74, 6) is -0.0404. The van der Waals surface area contributed by atoms with Gasteiger partial charge in [0.25, 0.3) is 0 Å². The van der Waals surface area contributed by atoms with Crippen LogP contribution < -0.4 is 14.9 Å². The third-order valence-corrected chi connectivity index (χ3v) is 6.53. The average Bonchev–Trinajstić information content (AvgIpc) is 2.72. The van der Waals surface area contributed by atoms with Crippen LogP contribution in [0.3, 0.4) is 0 Å². The molecule has 2 aliphatic heterocycles. The van der Waals surface area contributed by atoms with Gasteiger partial charge < -0.3 is 28.6 Å². The highest BCUT2D eigenvalue weighted by molar-refractivity contribution is 5.88. The van der Waals surface area contributed by atoms with E-state index in [2.05, 4.69) is 20.8 Å². The van der Waals surface area contributed by atoms with E-state index in [0.29, 0.717) is 50.0 Å². The number of nitrogens with zero attached hydrogens (tertiary/aromatic N) is 1. The van der Waals surface area contributed by atoms with Gasteiger partial charge in [-0.3, -0.25) is 4.79 Å². The fourth-order valence-electron chi connectivity index (χ4n) is 4.63. The van der Waals surface area contributed by atoms with Crippen LogP contribution >= 0.6 is 0 Å². The first-order chi connectivity index (χ1) is 15.6. The molecule has 1 atom stereocenters. The van der Waals surface area contributed by atoms with Gasteiger partial charge in [-0.2, -0.15) is 0 Å². The first-order valence-corrected chi connectivity index (χ1v) is 11.0. The smallest absolute Gasteiger partial charge is 0.341 e. The van der Waals surface area contributed by atoms with Gasteiger partial charge in [-0.25, -0.2) is 4.79 Å². The van der Waals surface area contributed by atoms with Crippen molar-refractivity contribution in [2.24, 2.45) is 10.8 Å². The number of benzene rings is 1. The van der Waals surface area contributed by atoms with Crippen molar-refractivity contribution < 1.29 is 28.8 Å². The Morgan fingerprint density at radius 3 is 2.45 bits per heavy atom. The summed E-state index contributed by atoms with van der Waals surface area (Å²) in [6.07, 6.45) is 2.14. The molecule has 8 nitrogen and oxygen atoms in total. The van der Waals surface area contributed by atoms with Crippen LogP contribution in [0, 0.1) is 10.8 Å². The maximum Gasteiger partial charge on any atom is 0.341 e. The van der Waals surface area contributed by atoms with Crippen LogP contribution in [-0.4, -0.2) is 56.3 Å². The number of fused-ring (bicyclic) bond motifs is 3. The number of methoxy groups -OCH3 is 2. The van der Waals surface area contributed by atoms with Crippen LogP contribution in [0.1, 0.15) is 42.7 Å². The van der Waals surface area contributed by atoms with Crippen molar-refractivity contribution >= 4 is 5.97 Å². The van der Waals surface area contributed by atoms with Crippen molar-refractivity contribution in [1.82, 2.24) is 4.57 Å². The predicted octanol–water partition coefficient (Wildman–Crippen LogP) is 3.41. The normalized spacial score (nSPS) is 18.6. The van der Waals surface area contributed by atoms with Gasteiger partial charge in [0.05, 0.1) is 38.0 Å². The fourth-order valence-corrected chi connectivity index (χ4v) is 4.63. The van der Waals surface area contributed by atoms with E-state index in [1.165, 1.54) is 12.3 Å². The molecule has 0 unspecified atom stereocenters. The number of pyridine rings is 1. The standard InChI is InChI=1S/C25H31NO7/c1-24(2,3)22-7-15-6-21(33-14-25(11-30-4)12-32-13-25)20(31-5)8-16(15)18-9-19(27)17(23(28)29)10-26(18)22/h6,8-10,22H,7,11-14H2,1-5H3,(H,28,29)/t22-/m0/s1. The SMILES string of the molecule is COCC1(COc2cc3c(cc2OC)-c2cc(=O)c(C(=O)O)cn2[C@H](C(C)(C)C)C3)COC1. The minimum atomic E-state index is -1.22. The monoisotopic (exact) mass is 457 g/mol. The van der Waals surface area contributed by atoms with Crippen LogP contribution in [0.2, 0.25) is 0 Å². The van der Waals surface area contributed by atoms with Gasteiger partial charge in [0.1, 0.15) is 12.2 Å². The van der Waals surface area contributed by atoms with Crippen LogP contribution in [0.25, 0.3) is 11.3 Å². The summed E-state index contributed by atoms with van der Waals surface area (Å²) in [6, 6.07) is 5.22. The molecule has 3 heterocycles. The number of carboxylic acid groups (broad SMARTS) is 1. The Morgan fingerprint density at radius 1 is 1.18 bits per heavy atom. The van der Waals surface area contributed by atoms with Gasteiger partial charge in [0.15, 0.2) is 16.9 Å². The lowest BCUT2D eigenvalue weighted by atomic mass is 9.78. The second kappa shape index (κ2) is 8.50. The summed E-state index contributed by atoms with van der Waals surface area (Å²) in [7, 11) is 3.24. The molecule has 1 fully saturated rings. The maximum atomic E-state index is 12.6. The zero-order chi connectivity index (χ0) is 24.0. The van der Waals surface area contributed by atoms with Gasteiger partial charge in [0.2, 0.25) is 0 Å². The van der Waals surface area contributed by atoms with E-state index in [4.69, 9.17) is 18.9 Å². The predicted molar refractivity (Wildman–Crippen MR) is 122 cm³/mol. The van der Waals surface area contributed by atoms with Gasteiger partial charge >= 0.3 is 5.97 Å². The number of carboxylic acids is 1. The first-order valence-electron chi connectivity index (χ1n) is 11.0. The number of aromatic nitrogens is 1. The first kappa shape index (κ1) is 23.3. The largest absolute Gasteiger partial charge is 0.493 e. The van der Waals surface area contributed by atoms with Crippen LogP contribution in [-0.2, 0) is 15.9 Å². The summed E-state index contributed by atoms with van der Waals surface area (Å²) in [4.78, 5) is 24.2. The van der Waals surface area contributed by atoms with Crippen molar-refractivity contribution in [3.05, 3.63) is 45.7 Å². The van der Waals surface area contributed by atoms with Crippen molar-refractivity contribution in [3.8, 4) is 22.8 Å². The lowest BCUT2D eigenvalue weighted by molar-refractivity contribution is -0.159. The Kier molecular flexibility index (Phi) is 6.01. The Balaban J connectivity index is 1.79.